The summed E-state index contributed by atoms with van der Waals surface area (Å²) in [5.41, 5.74) is 1.64. The summed E-state index contributed by atoms with van der Waals surface area (Å²) < 4.78 is 40.0. The van der Waals surface area contributed by atoms with Crippen LogP contribution in [-0.4, -0.2) is 39.6 Å². The van der Waals surface area contributed by atoms with Crippen LogP contribution in [0.3, 0.4) is 0 Å². The Morgan fingerprint density at radius 2 is 1.76 bits per heavy atom. The van der Waals surface area contributed by atoms with E-state index in [1.807, 2.05) is 25.1 Å². The number of piperidine rings is 1. The molecule has 0 aliphatic carbocycles. The smallest absolute Gasteiger partial charge is 0.339 e. The van der Waals surface area contributed by atoms with Gasteiger partial charge in [-0.1, -0.05) is 29.8 Å². The van der Waals surface area contributed by atoms with Crippen molar-refractivity contribution in [2.45, 2.75) is 32.5 Å². The van der Waals surface area contributed by atoms with Gasteiger partial charge in [0.05, 0.1) is 18.3 Å². The number of anilines is 1. The summed E-state index contributed by atoms with van der Waals surface area (Å²) in [5, 5.41) is 7.25. The van der Waals surface area contributed by atoms with E-state index in [0.717, 1.165) is 23.3 Å². The zero-order valence-corrected chi connectivity index (χ0v) is 18.7. The van der Waals surface area contributed by atoms with Gasteiger partial charge in [-0.15, -0.1) is 0 Å². The molecule has 6 nitrogen and oxygen atoms in total. The molecular weight excluding hydrogens is 445 g/mol. The Kier molecular flexibility index (Phi) is 6.72. The van der Waals surface area contributed by atoms with Crippen molar-refractivity contribution in [1.82, 2.24) is 14.7 Å². The Labute approximate surface area is 195 Å². The molecular formula is C25H25F3N4O2. The van der Waals surface area contributed by atoms with Crippen molar-refractivity contribution in [2.75, 3.05) is 18.4 Å². The maximum atomic E-state index is 12.8. The standard InChI is InChI=1S/C25H25F3N4O2/c1-17-3-2-4-18(15-17)16-32-22(9-12-29-32)30-23(33)19-10-13-31(14-11-19)24(34)20-5-7-21(8-6-20)25(26,27)28/h2-9,12,15,19H,10-11,13-14,16H2,1H3,(H,30,33). The first-order valence-corrected chi connectivity index (χ1v) is 11.1. The van der Waals surface area contributed by atoms with Crippen molar-refractivity contribution in [2.24, 2.45) is 5.92 Å². The summed E-state index contributed by atoms with van der Waals surface area (Å²) in [5.74, 6) is -0.120. The highest BCUT2D eigenvalue weighted by atomic mass is 19.4. The average molecular weight is 470 g/mol. The lowest BCUT2D eigenvalue weighted by molar-refractivity contribution is -0.137. The zero-order valence-electron chi connectivity index (χ0n) is 18.7. The third-order valence-corrected chi connectivity index (χ3v) is 5.99. The van der Waals surface area contributed by atoms with Crippen LogP contribution in [0.5, 0.6) is 0 Å². The summed E-state index contributed by atoms with van der Waals surface area (Å²) in [6.07, 6.45) is -1.85. The summed E-state index contributed by atoms with van der Waals surface area (Å²) in [6, 6.07) is 14.0. The fourth-order valence-electron chi connectivity index (χ4n) is 4.11. The van der Waals surface area contributed by atoms with Crippen LogP contribution >= 0.6 is 0 Å². The Hall–Kier alpha value is -3.62. The molecule has 1 aliphatic heterocycles. The number of aryl methyl sites for hydroxylation is 1. The number of rotatable bonds is 5. The molecule has 0 saturated carbocycles. The number of nitrogens with zero attached hydrogens (tertiary/aromatic N) is 3. The van der Waals surface area contributed by atoms with E-state index in [1.165, 1.54) is 12.1 Å². The molecule has 0 radical (unpaired) electrons. The molecule has 178 valence electrons. The molecule has 0 spiro atoms. The number of aromatic nitrogens is 2. The number of benzene rings is 2. The largest absolute Gasteiger partial charge is 0.416 e. The number of likely N-dealkylation sites (tertiary alicyclic amines) is 1. The zero-order chi connectivity index (χ0) is 24.3. The molecule has 34 heavy (non-hydrogen) atoms. The number of carbonyl (C=O) groups is 2. The Morgan fingerprint density at radius 1 is 1.06 bits per heavy atom. The molecule has 1 aliphatic rings. The van der Waals surface area contributed by atoms with Crippen molar-refractivity contribution < 1.29 is 22.8 Å². The topological polar surface area (TPSA) is 67.2 Å². The molecule has 0 unspecified atom stereocenters. The van der Waals surface area contributed by atoms with E-state index in [2.05, 4.69) is 16.5 Å². The van der Waals surface area contributed by atoms with E-state index in [-0.39, 0.29) is 23.3 Å². The molecule has 4 rings (SSSR count). The summed E-state index contributed by atoms with van der Waals surface area (Å²) in [6.45, 7) is 3.27. The van der Waals surface area contributed by atoms with Crippen molar-refractivity contribution in [3.05, 3.63) is 83.0 Å². The normalized spacial score (nSPS) is 14.8. The molecule has 1 aromatic heterocycles. The Bertz CT molecular complexity index is 1160. The monoisotopic (exact) mass is 470 g/mol. The fourth-order valence-corrected chi connectivity index (χ4v) is 4.11. The molecule has 1 N–H and O–H groups in total. The van der Waals surface area contributed by atoms with Gasteiger partial charge in [0.15, 0.2) is 0 Å². The molecule has 9 heteroatoms. The molecule has 1 saturated heterocycles. The number of hydrogen-bond acceptors (Lipinski definition) is 3. The summed E-state index contributed by atoms with van der Waals surface area (Å²) >= 11 is 0. The summed E-state index contributed by atoms with van der Waals surface area (Å²) in [7, 11) is 0. The number of nitrogens with one attached hydrogen (secondary N) is 1. The van der Waals surface area contributed by atoms with Crippen LogP contribution in [0.2, 0.25) is 0 Å². The minimum atomic E-state index is -4.44. The minimum absolute atomic E-state index is 0.132. The van der Waals surface area contributed by atoms with Crippen LogP contribution in [-0.2, 0) is 17.5 Å². The lowest BCUT2D eigenvalue weighted by Gasteiger charge is -2.31. The van der Waals surface area contributed by atoms with E-state index in [1.54, 1.807) is 21.8 Å². The predicted octanol–water partition coefficient (Wildman–Crippen LogP) is 4.75. The van der Waals surface area contributed by atoms with Crippen LogP contribution < -0.4 is 5.32 Å². The van der Waals surface area contributed by atoms with Gasteiger partial charge in [0.2, 0.25) is 5.91 Å². The molecule has 2 amide bonds. The molecule has 3 aromatic rings. The van der Waals surface area contributed by atoms with Crippen LogP contribution in [0.25, 0.3) is 0 Å². The van der Waals surface area contributed by atoms with Crippen LogP contribution in [0.15, 0.2) is 60.8 Å². The minimum Gasteiger partial charge on any atom is -0.339 e. The van der Waals surface area contributed by atoms with Gasteiger partial charge in [0.25, 0.3) is 5.91 Å². The molecule has 0 bridgehead atoms. The first-order chi connectivity index (χ1) is 16.2. The van der Waals surface area contributed by atoms with Crippen LogP contribution in [0.4, 0.5) is 19.0 Å². The van der Waals surface area contributed by atoms with E-state index >= 15 is 0 Å². The van der Waals surface area contributed by atoms with E-state index < -0.39 is 11.7 Å². The maximum Gasteiger partial charge on any atom is 0.416 e. The van der Waals surface area contributed by atoms with E-state index in [9.17, 15) is 22.8 Å². The van der Waals surface area contributed by atoms with Gasteiger partial charge in [0.1, 0.15) is 5.82 Å². The third-order valence-electron chi connectivity index (χ3n) is 5.99. The van der Waals surface area contributed by atoms with Crippen LogP contribution in [0, 0.1) is 12.8 Å². The van der Waals surface area contributed by atoms with Gasteiger partial charge in [-0.25, -0.2) is 4.68 Å². The van der Waals surface area contributed by atoms with Gasteiger partial charge in [-0.3, -0.25) is 9.59 Å². The molecule has 1 fully saturated rings. The maximum absolute atomic E-state index is 12.8. The van der Waals surface area contributed by atoms with Gasteiger partial charge in [-0.2, -0.15) is 18.3 Å². The number of amides is 2. The molecule has 2 heterocycles. The van der Waals surface area contributed by atoms with Crippen LogP contribution in [0.1, 0.15) is 39.9 Å². The van der Waals surface area contributed by atoms with E-state index in [0.29, 0.717) is 38.3 Å². The quantitative estimate of drug-likeness (QED) is 0.585. The van der Waals surface area contributed by atoms with Gasteiger partial charge in [-0.05, 0) is 49.6 Å². The number of hydrogen-bond donors (Lipinski definition) is 1. The van der Waals surface area contributed by atoms with Crippen molar-refractivity contribution in [3.63, 3.8) is 0 Å². The number of carbonyl (C=O) groups excluding carboxylic acids is 2. The highest BCUT2D eigenvalue weighted by molar-refractivity contribution is 5.95. The van der Waals surface area contributed by atoms with Crippen molar-refractivity contribution in [3.8, 4) is 0 Å². The Morgan fingerprint density at radius 3 is 2.41 bits per heavy atom. The second kappa shape index (κ2) is 9.70. The van der Waals surface area contributed by atoms with Crippen molar-refractivity contribution in [1.29, 1.82) is 0 Å². The predicted molar refractivity (Wildman–Crippen MR) is 121 cm³/mol. The summed E-state index contributed by atoms with van der Waals surface area (Å²) in [4.78, 5) is 27.1. The average Bonchev–Trinajstić information content (AvgIpc) is 3.24. The fraction of sp³-hybridized carbons (Fsp3) is 0.320. The highest BCUT2D eigenvalue weighted by Gasteiger charge is 2.31. The van der Waals surface area contributed by atoms with Crippen molar-refractivity contribution >= 4 is 17.6 Å². The van der Waals surface area contributed by atoms with Gasteiger partial charge < -0.3 is 10.2 Å². The highest BCUT2D eigenvalue weighted by Crippen LogP contribution is 2.29. The second-order valence-corrected chi connectivity index (χ2v) is 8.49. The molecule has 0 atom stereocenters. The Balaban J connectivity index is 1.32. The third kappa shape index (κ3) is 5.47. The van der Waals surface area contributed by atoms with Gasteiger partial charge in [0, 0.05) is 30.6 Å². The first kappa shape index (κ1) is 23.5. The lowest BCUT2D eigenvalue weighted by Crippen LogP contribution is -2.41. The molecule has 2 aromatic carbocycles. The number of alkyl halides is 3. The SMILES string of the molecule is Cc1cccc(Cn2nccc2NC(=O)C2CCN(C(=O)c3ccc(C(F)(F)F)cc3)CC2)c1. The lowest BCUT2D eigenvalue weighted by atomic mass is 9.95. The van der Waals surface area contributed by atoms with Gasteiger partial charge >= 0.3 is 6.18 Å². The first-order valence-electron chi connectivity index (χ1n) is 11.1. The van der Waals surface area contributed by atoms with E-state index in [4.69, 9.17) is 0 Å². The number of halogens is 3. The second-order valence-electron chi connectivity index (χ2n) is 8.49.